The first-order chi connectivity index (χ1) is 16.1. The van der Waals surface area contributed by atoms with Gasteiger partial charge in [0.15, 0.2) is 0 Å². The highest BCUT2D eigenvalue weighted by Gasteiger charge is 2.50. The Morgan fingerprint density at radius 3 is 1.35 bits per heavy atom. The van der Waals surface area contributed by atoms with Gasteiger partial charge in [-0.15, -0.1) is 0 Å². The van der Waals surface area contributed by atoms with Crippen LogP contribution in [0.2, 0.25) is 0 Å². The van der Waals surface area contributed by atoms with Crippen molar-refractivity contribution in [1.29, 1.82) is 0 Å². The molecule has 3 aromatic carbocycles. The van der Waals surface area contributed by atoms with Crippen molar-refractivity contribution in [2.45, 2.75) is 20.8 Å². The van der Waals surface area contributed by atoms with Crippen molar-refractivity contribution in [1.82, 2.24) is 9.13 Å². The maximum Gasteiger partial charge on any atom is 0.330 e. The predicted octanol–water partition coefficient (Wildman–Crippen LogP) is 2.37. The minimum atomic E-state index is -2.97. The first kappa shape index (κ1) is 23.5. The molecule has 4 aromatic rings. The lowest BCUT2D eigenvalue weighted by Crippen LogP contribution is -2.41. The Labute approximate surface area is 199 Å². The molecule has 0 unspecified atom stereocenters. The molecular weight excluding hydrogens is 447 g/mol. The van der Waals surface area contributed by atoms with Crippen molar-refractivity contribution in [3.63, 3.8) is 0 Å². The molecule has 0 bridgehead atoms. The van der Waals surface area contributed by atoms with Gasteiger partial charge in [0.2, 0.25) is 5.75 Å². The second-order valence-electron chi connectivity index (χ2n) is 8.55. The molecule has 1 aromatic heterocycles. The van der Waals surface area contributed by atoms with Crippen LogP contribution in [0.5, 0.6) is 11.6 Å². The number of nitrogens with zero attached hydrogens (tertiary/aromatic N) is 2. The average molecular weight is 474 g/mol. The minimum absolute atomic E-state index is 0.361. The third kappa shape index (κ3) is 3.95. The van der Waals surface area contributed by atoms with E-state index in [0.29, 0.717) is 0 Å². The number of benzene rings is 3. The Bertz CT molecular complexity index is 1340. The SMILES string of the molecule is Cc1ccc([P+](Oc2c([O-])n(C)c(=O)n(C)c2=O)(c2ccc(C)cc2)c2ccc(C)cc2)cc1. The van der Waals surface area contributed by atoms with Crippen molar-refractivity contribution in [2.24, 2.45) is 14.1 Å². The molecule has 0 spiro atoms. The van der Waals surface area contributed by atoms with E-state index in [0.717, 1.165) is 41.7 Å². The van der Waals surface area contributed by atoms with Crippen LogP contribution in [-0.2, 0) is 14.1 Å². The van der Waals surface area contributed by atoms with E-state index >= 15 is 0 Å². The number of aromatic nitrogens is 2. The van der Waals surface area contributed by atoms with E-state index in [2.05, 4.69) is 0 Å². The van der Waals surface area contributed by atoms with Gasteiger partial charge in [0.1, 0.15) is 15.9 Å². The zero-order chi connectivity index (χ0) is 24.6. The molecular formula is C27H27N2O4P. The van der Waals surface area contributed by atoms with Crippen LogP contribution in [0.1, 0.15) is 16.7 Å². The number of hydrogen-bond donors (Lipinski definition) is 0. The molecule has 0 fully saturated rings. The maximum atomic E-state index is 13.1. The summed E-state index contributed by atoms with van der Waals surface area (Å²) in [5, 5.41) is 15.7. The molecule has 34 heavy (non-hydrogen) atoms. The number of rotatable bonds is 5. The average Bonchev–Trinajstić information content (AvgIpc) is 2.84. The van der Waals surface area contributed by atoms with Crippen LogP contribution in [0.25, 0.3) is 0 Å². The Kier molecular flexibility index (Phi) is 6.20. The molecule has 0 amide bonds. The lowest BCUT2D eigenvalue weighted by atomic mass is 10.2. The summed E-state index contributed by atoms with van der Waals surface area (Å²) >= 11 is 0. The van der Waals surface area contributed by atoms with E-state index < -0.39 is 24.6 Å². The van der Waals surface area contributed by atoms with E-state index in [4.69, 9.17) is 4.52 Å². The van der Waals surface area contributed by atoms with Gasteiger partial charge >= 0.3 is 11.2 Å². The van der Waals surface area contributed by atoms with Gasteiger partial charge in [-0.05, 0) is 57.2 Å². The smallest absolute Gasteiger partial charge is 0.330 e. The molecule has 6 nitrogen and oxygen atoms in total. The van der Waals surface area contributed by atoms with E-state index in [-0.39, 0.29) is 5.75 Å². The summed E-state index contributed by atoms with van der Waals surface area (Å²) in [6.45, 7) is 6.00. The highest BCUT2D eigenvalue weighted by Crippen LogP contribution is 2.56. The third-order valence-electron chi connectivity index (χ3n) is 5.99. The maximum absolute atomic E-state index is 13.1. The monoisotopic (exact) mass is 474 g/mol. The first-order valence-electron chi connectivity index (χ1n) is 10.9. The van der Waals surface area contributed by atoms with E-state index in [1.165, 1.54) is 14.1 Å². The fourth-order valence-electron chi connectivity index (χ4n) is 3.88. The summed E-state index contributed by atoms with van der Waals surface area (Å²) in [7, 11) is -0.276. The van der Waals surface area contributed by atoms with E-state index in [1.807, 2.05) is 93.6 Å². The summed E-state index contributed by atoms with van der Waals surface area (Å²) in [6, 6.07) is 23.9. The zero-order valence-corrected chi connectivity index (χ0v) is 20.8. The van der Waals surface area contributed by atoms with Crippen LogP contribution in [0.4, 0.5) is 0 Å². The molecule has 0 aliphatic rings. The van der Waals surface area contributed by atoms with Crippen LogP contribution in [0.15, 0.2) is 82.4 Å². The van der Waals surface area contributed by atoms with Gasteiger partial charge in [0.05, 0.1) is 0 Å². The zero-order valence-electron chi connectivity index (χ0n) is 19.9. The molecule has 0 aliphatic heterocycles. The van der Waals surface area contributed by atoms with Crippen LogP contribution in [-0.4, -0.2) is 9.13 Å². The lowest BCUT2D eigenvalue weighted by molar-refractivity contribution is -0.281. The summed E-state index contributed by atoms with van der Waals surface area (Å²) in [4.78, 5) is 25.5. The molecule has 0 atom stereocenters. The second-order valence-corrected chi connectivity index (χ2v) is 11.5. The number of aryl methyl sites for hydroxylation is 3. The minimum Gasteiger partial charge on any atom is -0.857 e. The second kappa shape index (κ2) is 8.96. The van der Waals surface area contributed by atoms with Gasteiger partial charge < -0.3 is 14.2 Å². The van der Waals surface area contributed by atoms with Crippen LogP contribution >= 0.6 is 7.49 Å². The molecule has 1 heterocycles. The molecule has 0 radical (unpaired) electrons. The fraction of sp³-hybridized carbons (Fsp3) is 0.185. The quantitative estimate of drug-likeness (QED) is 0.416. The van der Waals surface area contributed by atoms with Crippen molar-refractivity contribution in [2.75, 3.05) is 0 Å². The predicted molar refractivity (Wildman–Crippen MR) is 136 cm³/mol. The molecule has 0 aliphatic carbocycles. The lowest BCUT2D eigenvalue weighted by Gasteiger charge is -2.28. The Balaban J connectivity index is 2.12. The van der Waals surface area contributed by atoms with Crippen molar-refractivity contribution >= 4 is 23.4 Å². The normalized spacial score (nSPS) is 11.4. The summed E-state index contributed by atoms with van der Waals surface area (Å²) in [5.41, 5.74) is 1.81. The summed E-state index contributed by atoms with van der Waals surface area (Å²) in [5.74, 6) is -1.11. The molecule has 0 saturated heterocycles. The van der Waals surface area contributed by atoms with Gasteiger partial charge in [-0.1, -0.05) is 53.1 Å². The number of hydrogen-bond acceptors (Lipinski definition) is 4. The Morgan fingerprint density at radius 1 is 0.647 bits per heavy atom. The molecule has 7 heteroatoms. The van der Waals surface area contributed by atoms with Crippen LogP contribution in [0.3, 0.4) is 0 Å². The van der Waals surface area contributed by atoms with Crippen molar-refractivity contribution in [3.05, 3.63) is 110 Å². The Morgan fingerprint density at radius 2 is 1.00 bits per heavy atom. The van der Waals surface area contributed by atoms with E-state index in [9.17, 15) is 14.7 Å². The first-order valence-corrected chi connectivity index (χ1v) is 12.6. The van der Waals surface area contributed by atoms with Gasteiger partial charge in [0, 0.05) is 20.0 Å². The molecule has 4 rings (SSSR count). The van der Waals surface area contributed by atoms with Crippen LogP contribution in [0, 0.1) is 20.8 Å². The van der Waals surface area contributed by atoms with Gasteiger partial charge in [0.25, 0.3) is 7.49 Å². The molecule has 174 valence electrons. The van der Waals surface area contributed by atoms with Crippen LogP contribution < -0.4 is 36.8 Å². The molecule has 0 N–H and O–H groups in total. The highest BCUT2D eigenvalue weighted by atomic mass is 31.2. The van der Waals surface area contributed by atoms with Crippen molar-refractivity contribution in [3.8, 4) is 11.6 Å². The van der Waals surface area contributed by atoms with Gasteiger partial charge in [-0.2, -0.15) is 0 Å². The fourth-order valence-corrected chi connectivity index (χ4v) is 7.23. The van der Waals surface area contributed by atoms with Crippen molar-refractivity contribution < 1.29 is 9.63 Å². The topological polar surface area (TPSA) is 76.3 Å². The van der Waals surface area contributed by atoms with Gasteiger partial charge in [-0.25, -0.2) is 4.79 Å². The highest BCUT2D eigenvalue weighted by molar-refractivity contribution is 7.92. The van der Waals surface area contributed by atoms with E-state index in [1.54, 1.807) is 0 Å². The Hall–Kier alpha value is -3.63. The largest absolute Gasteiger partial charge is 0.857 e. The molecule has 0 saturated carbocycles. The summed E-state index contributed by atoms with van der Waals surface area (Å²) in [6.07, 6.45) is 0. The standard InChI is InChI=1S/C27H27N2O4P/c1-18-6-12-21(13-7-18)34(22-14-8-19(2)9-15-22,23-16-10-20(3)11-17-23)33-24-25(30)28(4)27(32)29(5)26(24)31/h6-17H,1-5H3. The third-order valence-corrected chi connectivity index (χ3v) is 9.53. The van der Waals surface area contributed by atoms with Gasteiger partial charge in [-0.3, -0.25) is 9.36 Å². The summed E-state index contributed by atoms with van der Waals surface area (Å²) < 4.78 is 8.48.